The van der Waals surface area contributed by atoms with Crippen molar-refractivity contribution < 1.29 is 29.3 Å². The quantitative estimate of drug-likeness (QED) is 0.0327. The lowest BCUT2D eigenvalue weighted by Gasteiger charge is -2.15. The van der Waals surface area contributed by atoms with Crippen LogP contribution >= 0.6 is 0 Å². The van der Waals surface area contributed by atoms with Crippen LogP contribution in [0.3, 0.4) is 0 Å². The van der Waals surface area contributed by atoms with Gasteiger partial charge in [0.05, 0.1) is 12.7 Å². The van der Waals surface area contributed by atoms with E-state index >= 15 is 0 Å². The molecule has 0 saturated heterocycles. The maximum absolute atomic E-state index is 12.1. The third-order valence-electron chi connectivity index (χ3n) is 8.25. The highest BCUT2D eigenvalue weighted by atomic mass is 16.6. The topological polar surface area (TPSA) is 93.1 Å². The third kappa shape index (κ3) is 31.8. The molecule has 0 bridgehead atoms. The molecule has 3 atom stereocenters. The van der Waals surface area contributed by atoms with Crippen molar-refractivity contribution in [2.75, 3.05) is 13.2 Å². The number of aliphatic hydroxyl groups is 2. The van der Waals surface area contributed by atoms with Gasteiger partial charge in [0.1, 0.15) is 6.61 Å². The summed E-state index contributed by atoms with van der Waals surface area (Å²) in [6.45, 7) is 6.33. The number of rotatable bonds is 32. The van der Waals surface area contributed by atoms with Gasteiger partial charge < -0.3 is 19.7 Å². The Hall–Kier alpha value is -2.18. The van der Waals surface area contributed by atoms with Crippen molar-refractivity contribution in [1.82, 2.24) is 0 Å². The summed E-state index contributed by atoms with van der Waals surface area (Å²) in [5.41, 5.74) is 0. The van der Waals surface area contributed by atoms with Crippen LogP contribution in [0.15, 0.2) is 48.6 Å². The molecule has 0 amide bonds. The second kappa shape index (κ2) is 34.2. The van der Waals surface area contributed by atoms with Gasteiger partial charge in [0, 0.05) is 12.8 Å². The van der Waals surface area contributed by atoms with Gasteiger partial charge in [-0.15, -0.1) is 0 Å². The Balaban J connectivity index is 3.79. The molecule has 0 aromatic carbocycles. The molecule has 2 N–H and O–H groups in total. The maximum Gasteiger partial charge on any atom is 0.306 e. The van der Waals surface area contributed by atoms with Crippen molar-refractivity contribution in [1.29, 1.82) is 0 Å². The number of hydrogen-bond donors (Lipinski definition) is 2. The lowest BCUT2D eigenvalue weighted by molar-refractivity contribution is -0.161. The molecule has 0 aliphatic heterocycles. The van der Waals surface area contributed by atoms with Gasteiger partial charge in [0.15, 0.2) is 6.10 Å². The predicted molar refractivity (Wildman–Crippen MR) is 193 cm³/mol. The average Bonchev–Trinajstić information content (AvgIpc) is 3.05. The SMILES string of the molecule is CCCCC/C=C\C/C=C\CC(O)/C=C\C=C\CCCC(=O)O[C@@H](CO)COC(=O)CCCCCCCCCCCCC(C)CC. The molecule has 0 aliphatic carbocycles. The van der Waals surface area contributed by atoms with Gasteiger partial charge >= 0.3 is 11.9 Å². The van der Waals surface area contributed by atoms with Crippen molar-refractivity contribution >= 4 is 11.9 Å². The minimum Gasteiger partial charge on any atom is -0.462 e. The maximum atomic E-state index is 12.1. The number of allylic oxidation sites excluding steroid dienone is 6. The first kappa shape index (κ1) is 43.8. The van der Waals surface area contributed by atoms with Gasteiger partial charge in [-0.25, -0.2) is 0 Å². The van der Waals surface area contributed by atoms with Crippen LogP contribution in [0.5, 0.6) is 0 Å². The highest BCUT2D eigenvalue weighted by Crippen LogP contribution is 2.15. The number of unbranched alkanes of at least 4 members (excludes halogenated alkanes) is 13. The molecule has 46 heavy (non-hydrogen) atoms. The fourth-order valence-electron chi connectivity index (χ4n) is 4.95. The van der Waals surface area contributed by atoms with Crippen LogP contribution < -0.4 is 0 Å². The van der Waals surface area contributed by atoms with Crippen molar-refractivity contribution in [3.05, 3.63) is 48.6 Å². The van der Waals surface area contributed by atoms with Crippen LogP contribution in [-0.2, 0) is 19.1 Å². The molecule has 0 spiro atoms. The summed E-state index contributed by atoms with van der Waals surface area (Å²) in [6.07, 6.45) is 37.6. The predicted octanol–water partition coefficient (Wildman–Crippen LogP) is 10.3. The molecule has 0 aromatic rings. The number of ether oxygens (including phenoxy) is 2. The smallest absolute Gasteiger partial charge is 0.306 e. The summed E-state index contributed by atoms with van der Waals surface area (Å²) in [4.78, 5) is 24.2. The van der Waals surface area contributed by atoms with E-state index in [2.05, 4.69) is 39.0 Å². The van der Waals surface area contributed by atoms with Crippen molar-refractivity contribution in [3.63, 3.8) is 0 Å². The van der Waals surface area contributed by atoms with Crippen LogP contribution in [0.2, 0.25) is 0 Å². The standard InChI is InChI=1S/C40H70O6/c1-4-6-7-8-9-12-16-20-25-30-37(42)31-26-21-18-23-28-33-40(44)46-38(34-41)35-45-39(43)32-27-22-17-14-11-10-13-15-19-24-29-36(3)5-2/h9,12,18,20-21,25-26,31,36-38,41-42H,4-8,10-11,13-17,19,22-24,27-30,32-35H2,1-3H3/b12-9-,21-18+,25-20-,31-26-/t36?,37?,38-/m0/s1. The summed E-state index contributed by atoms with van der Waals surface area (Å²) in [6, 6.07) is 0. The highest BCUT2D eigenvalue weighted by Gasteiger charge is 2.16. The van der Waals surface area contributed by atoms with E-state index < -0.39 is 18.2 Å². The third-order valence-corrected chi connectivity index (χ3v) is 8.25. The Labute approximate surface area is 282 Å². The Morgan fingerprint density at radius 2 is 1.33 bits per heavy atom. The first-order valence-corrected chi connectivity index (χ1v) is 18.7. The minimum atomic E-state index is -0.831. The van der Waals surface area contributed by atoms with Crippen LogP contribution in [0.4, 0.5) is 0 Å². The molecule has 0 aromatic heterocycles. The van der Waals surface area contributed by atoms with E-state index in [0.717, 1.165) is 38.0 Å². The lowest BCUT2D eigenvalue weighted by atomic mass is 9.99. The molecule has 6 nitrogen and oxygen atoms in total. The van der Waals surface area contributed by atoms with Crippen LogP contribution in [-0.4, -0.2) is 47.6 Å². The average molecular weight is 647 g/mol. The van der Waals surface area contributed by atoms with Crippen molar-refractivity contribution in [3.8, 4) is 0 Å². The number of carbonyl (C=O) groups excluding carboxylic acids is 2. The second-order valence-electron chi connectivity index (χ2n) is 12.7. The normalized spacial score (nSPS) is 14.1. The van der Waals surface area contributed by atoms with Crippen molar-refractivity contribution in [2.24, 2.45) is 5.92 Å². The van der Waals surface area contributed by atoms with E-state index in [1.54, 1.807) is 6.08 Å². The van der Waals surface area contributed by atoms with Gasteiger partial charge in [-0.2, -0.15) is 0 Å². The summed E-state index contributed by atoms with van der Waals surface area (Å²) in [5, 5.41) is 19.6. The fourth-order valence-corrected chi connectivity index (χ4v) is 4.95. The Kier molecular flexibility index (Phi) is 32.5. The van der Waals surface area contributed by atoms with Crippen LogP contribution in [0, 0.1) is 5.92 Å². The molecular formula is C40H70O6. The lowest BCUT2D eigenvalue weighted by Crippen LogP contribution is -2.28. The minimum absolute atomic E-state index is 0.115. The number of aliphatic hydroxyl groups excluding tert-OH is 2. The Morgan fingerprint density at radius 1 is 0.696 bits per heavy atom. The molecule has 6 heteroatoms. The van der Waals surface area contributed by atoms with Gasteiger partial charge in [0.25, 0.3) is 0 Å². The number of hydrogen-bond acceptors (Lipinski definition) is 6. The summed E-state index contributed by atoms with van der Waals surface area (Å²) < 4.78 is 10.5. The summed E-state index contributed by atoms with van der Waals surface area (Å²) >= 11 is 0. The molecule has 0 saturated carbocycles. The molecule has 0 fully saturated rings. The molecular weight excluding hydrogens is 576 g/mol. The molecule has 2 unspecified atom stereocenters. The summed E-state index contributed by atoms with van der Waals surface area (Å²) in [7, 11) is 0. The monoisotopic (exact) mass is 647 g/mol. The zero-order chi connectivity index (χ0) is 33.9. The number of esters is 2. The Bertz CT molecular complexity index is 815. The first-order valence-electron chi connectivity index (χ1n) is 18.7. The highest BCUT2D eigenvalue weighted by molar-refractivity contribution is 5.70. The first-order chi connectivity index (χ1) is 22.4. The van der Waals surface area contributed by atoms with E-state index in [1.807, 2.05) is 24.3 Å². The van der Waals surface area contributed by atoms with E-state index in [0.29, 0.717) is 25.7 Å². The Morgan fingerprint density at radius 3 is 2.00 bits per heavy atom. The number of carbonyl (C=O) groups is 2. The van der Waals surface area contributed by atoms with E-state index in [9.17, 15) is 19.8 Å². The van der Waals surface area contributed by atoms with Gasteiger partial charge in [-0.05, 0) is 50.9 Å². The van der Waals surface area contributed by atoms with Crippen LogP contribution in [0.25, 0.3) is 0 Å². The summed E-state index contributed by atoms with van der Waals surface area (Å²) in [5.74, 6) is 0.145. The van der Waals surface area contributed by atoms with Crippen molar-refractivity contribution in [2.45, 2.75) is 174 Å². The molecule has 0 rings (SSSR count). The largest absolute Gasteiger partial charge is 0.462 e. The van der Waals surface area contributed by atoms with Crippen LogP contribution in [0.1, 0.15) is 162 Å². The fraction of sp³-hybridized carbons (Fsp3) is 0.750. The van der Waals surface area contributed by atoms with Gasteiger partial charge in [-0.1, -0.05) is 153 Å². The molecule has 0 radical (unpaired) electrons. The van der Waals surface area contributed by atoms with E-state index in [4.69, 9.17) is 9.47 Å². The zero-order valence-corrected chi connectivity index (χ0v) is 29.8. The zero-order valence-electron chi connectivity index (χ0n) is 29.8. The van der Waals surface area contributed by atoms with E-state index in [1.165, 1.54) is 77.0 Å². The second-order valence-corrected chi connectivity index (χ2v) is 12.7. The molecule has 0 heterocycles. The van der Waals surface area contributed by atoms with Gasteiger partial charge in [-0.3, -0.25) is 9.59 Å². The van der Waals surface area contributed by atoms with E-state index in [-0.39, 0.29) is 25.6 Å². The van der Waals surface area contributed by atoms with Gasteiger partial charge in [0.2, 0.25) is 0 Å². The molecule has 266 valence electrons. The molecule has 0 aliphatic rings.